The average Bonchev–Trinajstić information content (AvgIpc) is 1.98. The third-order valence-corrected chi connectivity index (χ3v) is 1.76. The minimum Gasteiger partial charge on any atom is -0.481 e. The predicted molar refractivity (Wildman–Crippen MR) is 44.7 cm³/mol. The van der Waals surface area contributed by atoms with Crippen molar-refractivity contribution in [2.75, 3.05) is 14.1 Å². The molecule has 12 heavy (non-hydrogen) atoms. The van der Waals surface area contributed by atoms with Gasteiger partial charge in [0.05, 0.1) is 5.92 Å². The molecule has 0 aliphatic rings. The van der Waals surface area contributed by atoms with Crippen molar-refractivity contribution in [2.24, 2.45) is 5.92 Å². The van der Waals surface area contributed by atoms with Gasteiger partial charge in [0.2, 0.25) is 5.91 Å². The van der Waals surface area contributed by atoms with E-state index in [0.29, 0.717) is 6.42 Å². The van der Waals surface area contributed by atoms with E-state index in [1.807, 2.05) is 0 Å². The van der Waals surface area contributed by atoms with Crippen LogP contribution in [0, 0.1) is 5.92 Å². The molecular weight excluding hydrogens is 158 g/mol. The molecule has 0 fully saturated rings. The molecule has 1 amide bonds. The Labute approximate surface area is 72.2 Å². The second-order valence-corrected chi connectivity index (χ2v) is 2.94. The molecule has 0 aliphatic carbocycles. The van der Waals surface area contributed by atoms with Crippen molar-refractivity contribution in [1.29, 1.82) is 0 Å². The van der Waals surface area contributed by atoms with Gasteiger partial charge in [-0.2, -0.15) is 0 Å². The van der Waals surface area contributed by atoms with Gasteiger partial charge in [-0.25, -0.2) is 0 Å². The first-order valence-electron chi connectivity index (χ1n) is 3.92. The standard InChI is InChI=1S/C8H15NO3/c1-4-6(8(11)12)5-7(10)9(2)3/h6H,4-5H2,1-3H3,(H,11,12). The van der Waals surface area contributed by atoms with E-state index in [9.17, 15) is 9.59 Å². The van der Waals surface area contributed by atoms with E-state index in [4.69, 9.17) is 5.11 Å². The topological polar surface area (TPSA) is 57.6 Å². The van der Waals surface area contributed by atoms with Crippen molar-refractivity contribution in [3.8, 4) is 0 Å². The number of carboxylic acid groups (broad SMARTS) is 1. The number of carbonyl (C=O) groups excluding carboxylic acids is 1. The summed E-state index contributed by atoms with van der Waals surface area (Å²) in [6.07, 6.45) is 0.591. The zero-order valence-electron chi connectivity index (χ0n) is 7.70. The van der Waals surface area contributed by atoms with Gasteiger partial charge in [-0.05, 0) is 6.42 Å². The fraction of sp³-hybridized carbons (Fsp3) is 0.750. The molecule has 0 aromatic heterocycles. The summed E-state index contributed by atoms with van der Waals surface area (Å²) in [7, 11) is 3.24. The molecule has 0 spiro atoms. The quantitative estimate of drug-likeness (QED) is 0.676. The molecule has 1 unspecified atom stereocenters. The lowest BCUT2D eigenvalue weighted by atomic mass is 10.0. The summed E-state index contributed by atoms with van der Waals surface area (Å²) >= 11 is 0. The number of carbonyl (C=O) groups is 2. The molecule has 1 N–H and O–H groups in total. The maximum Gasteiger partial charge on any atom is 0.307 e. The van der Waals surface area contributed by atoms with E-state index in [-0.39, 0.29) is 12.3 Å². The second kappa shape index (κ2) is 4.74. The summed E-state index contributed by atoms with van der Waals surface area (Å²) in [6, 6.07) is 0. The Hall–Kier alpha value is -1.06. The summed E-state index contributed by atoms with van der Waals surface area (Å²) < 4.78 is 0. The zero-order chi connectivity index (χ0) is 9.72. The van der Waals surface area contributed by atoms with Crippen LogP contribution in [0.25, 0.3) is 0 Å². The van der Waals surface area contributed by atoms with Gasteiger partial charge >= 0.3 is 5.97 Å². The number of hydrogen-bond donors (Lipinski definition) is 1. The Kier molecular flexibility index (Phi) is 4.33. The molecule has 0 aromatic carbocycles. The lowest BCUT2D eigenvalue weighted by Gasteiger charge is -2.13. The van der Waals surface area contributed by atoms with Gasteiger partial charge in [0, 0.05) is 20.5 Å². The third-order valence-electron chi connectivity index (χ3n) is 1.76. The van der Waals surface area contributed by atoms with Gasteiger partial charge in [0.15, 0.2) is 0 Å². The molecule has 0 heterocycles. The van der Waals surface area contributed by atoms with E-state index < -0.39 is 11.9 Å². The summed E-state index contributed by atoms with van der Waals surface area (Å²) in [5.41, 5.74) is 0. The summed E-state index contributed by atoms with van der Waals surface area (Å²) in [4.78, 5) is 23.0. The normalized spacial score (nSPS) is 12.2. The average molecular weight is 173 g/mol. The molecule has 0 aromatic rings. The molecule has 0 saturated carbocycles. The summed E-state index contributed by atoms with van der Waals surface area (Å²) in [5.74, 6) is -1.57. The number of carboxylic acids is 1. The van der Waals surface area contributed by atoms with Crippen LogP contribution >= 0.6 is 0 Å². The first-order chi connectivity index (χ1) is 5.49. The molecule has 4 nitrogen and oxygen atoms in total. The van der Waals surface area contributed by atoms with Crippen molar-refractivity contribution in [2.45, 2.75) is 19.8 Å². The summed E-state index contributed by atoms with van der Waals surface area (Å²) in [5, 5.41) is 8.63. The molecule has 70 valence electrons. The van der Waals surface area contributed by atoms with Crippen LogP contribution in [0.4, 0.5) is 0 Å². The first kappa shape index (κ1) is 10.9. The van der Waals surface area contributed by atoms with Gasteiger partial charge < -0.3 is 10.0 Å². The number of aliphatic carboxylic acids is 1. The highest BCUT2D eigenvalue weighted by Crippen LogP contribution is 2.09. The minimum absolute atomic E-state index is 0.0961. The molecule has 0 saturated heterocycles. The number of amides is 1. The lowest BCUT2D eigenvalue weighted by Crippen LogP contribution is -2.27. The molecule has 1 atom stereocenters. The fourth-order valence-corrected chi connectivity index (χ4v) is 0.800. The van der Waals surface area contributed by atoms with Crippen LogP contribution in [0.3, 0.4) is 0 Å². The van der Waals surface area contributed by atoms with Crippen molar-refractivity contribution < 1.29 is 14.7 Å². The summed E-state index contributed by atoms with van der Waals surface area (Å²) in [6.45, 7) is 1.77. The molecule has 0 radical (unpaired) electrons. The van der Waals surface area contributed by atoms with Crippen LogP contribution in [0.2, 0.25) is 0 Å². The Morgan fingerprint density at radius 2 is 1.92 bits per heavy atom. The smallest absolute Gasteiger partial charge is 0.307 e. The lowest BCUT2D eigenvalue weighted by molar-refractivity contribution is -0.145. The van der Waals surface area contributed by atoms with Crippen LogP contribution in [-0.4, -0.2) is 36.0 Å². The minimum atomic E-state index is -0.896. The van der Waals surface area contributed by atoms with Gasteiger partial charge in [0.25, 0.3) is 0 Å². The largest absolute Gasteiger partial charge is 0.481 e. The molecule has 0 aliphatic heterocycles. The van der Waals surface area contributed by atoms with E-state index in [0.717, 1.165) is 0 Å². The SMILES string of the molecule is CCC(CC(=O)N(C)C)C(=O)O. The van der Waals surface area contributed by atoms with Crippen molar-refractivity contribution in [3.63, 3.8) is 0 Å². The Bertz CT molecular complexity index is 177. The van der Waals surface area contributed by atoms with Gasteiger partial charge in [0.1, 0.15) is 0 Å². The van der Waals surface area contributed by atoms with Crippen LogP contribution in [-0.2, 0) is 9.59 Å². The van der Waals surface area contributed by atoms with Gasteiger partial charge in [-0.1, -0.05) is 6.92 Å². The van der Waals surface area contributed by atoms with Crippen molar-refractivity contribution in [1.82, 2.24) is 4.90 Å². The monoisotopic (exact) mass is 173 g/mol. The Morgan fingerprint density at radius 1 is 1.42 bits per heavy atom. The zero-order valence-corrected chi connectivity index (χ0v) is 7.70. The van der Waals surface area contributed by atoms with Crippen molar-refractivity contribution in [3.05, 3.63) is 0 Å². The van der Waals surface area contributed by atoms with E-state index in [1.54, 1.807) is 21.0 Å². The Balaban J connectivity index is 4.03. The molecule has 4 heteroatoms. The van der Waals surface area contributed by atoms with Crippen LogP contribution in [0.15, 0.2) is 0 Å². The van der Waals surface area contributed by atoms with Crippen LogP contribution in [0.5, 0.6) is 0 Å². The predicted octanol–water partition coefficient (Wildman–Crippen LogP) is 0.575. The molecule has 0 rings (SSSR count). The number of nitrogens with zero attached hydrogens (tertiary/aromatic N) is 1. The third kappa shape index (κ3) is 3.37. The maximum absolute atomic E-state index is 11.1. The molecule has 0 bridgehead atoms. The van der Waals surface area contributed by atoms with Gasteiger partial charge in [-0.3, -0.25) is 9.59 Å². The van der Waals surface area contributed by atoms with E-state index >= 15 is 0 Å². The van der Waals surface area contributed by atoms with E-state index in [2.05, 4.69) is 0 Å². The second-order valence-electron chi connectivity index (χ2n) is 2.94. The highest BCUT2D eigenvalue weighted by atomic mass is 16.4. The number of rotatable bonds is 4. The van der Waals surface area contributed by atoms with Crippen LogP contribution < -0.4 is 0 Å². The first-order valence-corrected chi connectivity index (χ1v) is 3.92. The highest BCUT2D eigenvalue weighted by Gasteiger charge is 2.19. The number of hydrogen-bond acceptors (Lipinski definition) is 2. The van der Waals surface area contributed by atoms with Gasteiger partial charge in [-0.15, -0.1) is 0 Å². The highest BCUT2D eigenvalue weighted by molar-refractivity contribution is 5.81. The fourth-order valence-electron chi connectivity index (χ4n) is 0.800. The maximum atomic E-state index is 11.1. The Morgan fingerprint density at radius 3 is 2.17 bits per heavy atom. The molecular formula is C8H15NO3. The van der Waals surface area contributed by atoms with E-state index in [1.165, 1.54) is 4.90 Å². The van der Waals surface area contributed by atoms with Crippen molar-refractivity contribution >= 4 is 11.9 Å². The van der Waals surface area contributed by atoms with Crippen LogP contribution in [0.1, 0.15) is 19.8 Å².